The van der Waals surface area contributed by atoms with Gasteiger partial charge in [0.1, 0.15) is 12.4 Å². The van der Waals surface area contributed by atoms with Crippen molar-refractivity contribution in [2.45, 2.75) is 26.2 Å². The Labute approximate surface area is 155 Å². The summed E-state index contributed by atoms with van der Waals surface area (Å²) in [5, 5.41) is 9.06. The minimum atomic E-state index is 0.0315. The second kappa shape index (κ2) is 6.97. The molecule has 1 N–H and O–H groups in total. The average Bonchev–Trinajstić information content (AvgIpc) is 3.05. The molecule has 0 unspecified atom stereocenters. The molecule has 0 heterocycles. The van der Waals surface area contributed by atoms with Crippen LogP contribution in [0.2, 0.25) is 0 Å². The highest BCUT2D eigenvalue weighted by Gasteiger charge is 2.21. The summed E-state index contributed by atoms with van der Waals surface area (Å²) in [5.41, 5.74) is 9.24. The molecule has 0 saturated heterocycles. The largest absolute Gasteiger partial charge is 0.491 e. The molecule has 3 aromatic carbocycles. The number of fused-ring (bicyclic) bond motifs is 3. The maximum atomic E-state index is 9.06. The Hall–Kier alpha value is -2.58. The van der Waals surface area contributed by atoms with E-state index in [0.29, 0.717) is 12.5 Å². The molecule has 0 radical (unpaired) electrons. The molecule has 1 aliphatic rings. The first kappa shape index (κ1) is 16.9. The molecule has 0 atom stereocenters. The van der Waals surface area contributed by atoms with Gasteiger partial charge in [-0.1, -0.05) is 62.4 Å². The van der Waals surface area contributed by atoms with Gasteiger partial charge in [-0.25, -0.2) is 0 Å². The van der Waals surface area contributed by atoms with Crippen LogP contribution in [0.4, 0.5) is 0 Å². The number of hydrogen-bond acceptors (Lipinski definition) is 2. The fourth-order valence-electron chi connectivity index (χ4n) is 3.88. The van der Waals surface area contributed by atoms with Crippen LogP contribution in [0.1, 0.15) is 36.5 Å². The molecule has 2 heteroatoms. The Bertz CT molecular complexity index is 941. The molecule has 0 fully saturated rings. The minimum Gasteiger partial charge on any atom is -0.491 e. The van der Waals surface area contributed by atoms with Gasteiger partial charge in [0.25, 0.3) is 0 Å². The number of ether oxygens (including phenoxy) is 1. The van der Waals surface area contributed by atoms with E-state index in [4.69, 9.17) is 9.84 Å². The van der Waals surface area contributed by atoms with E-state index in [1.165, 1.54) is 38.9 Å². The van der Waals surface area contributed by atoms with Gasteiger partial charge in [-0.15, -0.1) is 0 Å². The van der Waals surface area contributed by atoms with Gasteiger partial charge in [-0.3, -0.25) is 0 Å². The van der Waals surface area contributed by atoms with Crippen LogP contribution >= 0.6 is 0 Å². The van der Waals surface area contributed by atoms with Crippen molar-refractivity contribution < 1.29 is 9.84 Å². The lowest BCUT2D eigenvalue weighted by atomic mass is 9.92. The zero-order valence-electron chi connectivity index (χ0n) is 15.3. The van der Waals surface area contributed by atoms with Gasteiger partial charge >= 0.3 is 0 Å². The van der Waals surface area contributed by atoms with Crippen molar-refractivity contribution in [1.29, 1.82) is 0 Å². The average molecular weight is 344 g/mol. The Morgan fingerprint density at radius 1 is 0.923 bits per heavy atom. The summed E-state index contributed by atoms with van der Waals surface area (Å²) in [6.07, 6.45) is 0.988. The van der Waals surface area contributed by atoms with Gasteiger partial charge in [-0.05, 0) is 63.4 Å². The molecule has 0 aliphatic heterocycles. The van der Waals surface area contributed by atoms with Crippen molar-refractivity contribution in [3.63, 3.8) is 0 Å². The first-order chi connectivity index (χ1) is 12.7. The third-order valence-corrected chi connectivity index (χ3v) is 5.14. The third kappa shape index (κ3) is 2.91. The standard InChI is InChI=1S/C24H24O2/c1-16(2)22-14-18(10-11-24(22)26-13-12-25)20-8-5-9-21-19-7-4-3-6-17(19)15-23(20)21/h3-11,14,16,25H,12-13,15H2,1-2H3. The Kier molecular flexibility index (Phi) is 4.52. The van der Waals surface area contributed by atoms with E-state index in [0.717, 1.165) is 12.2 Å². The van der Waals surface area contributed by atoms with Gasteiger partial charge in [0.05, 0.1) is 6.61 Å². The molecule has 0 bridgehead atoms. The van der Waals surface area contributed by atoms with Crippen LogP contribution in [0, 0.1) is 0 Å². The van der Waals surface area contributed by atoms with E-state index in [9.17, 15) is 0 Å². The third-order valence-electron chi connectivity index (χ3n) is 5.14. The fraction of sp³-hybridized carbons (Fsp3) is 0.250. The summed E-state index contributed by atoms with van der Waals surface area (Å²) < 4.78 is 5.73. The topological polar surface area (TPSA) is 29.5 Å². The maximum Gasteiger partial charge on any atom is 0.122 e. The van der Waals surface area contributed by atoms with Crippen molar-refractivity contribution in [2.75, 3.05) is 13.2 Å². The predicted octanol–water partition coefficient (Wildman–Crippen LogP) is 5.42. The summed E-state index contributed by atoms with van der Waals surface area (Å²) in [5.74, 6) is 1.23. The zero-order valence-corrected chi connectivity index (χ0v) is 15.3. The monoisotopic (exact) mass is 344 g/mol. The van der Waals surface area contributed by atoms with Crippen LogP contribution in [-0.4, -0.2) is 18.3 Å². The number of benzene rings is 3. The molecule has 0 spiro atoms. The van der Waals surface area contributed by atoms with Gasteiger partial charge in [0.2, 0.25) is 0 Å². The van der Waals surface area contributed by atoms with E-state index in [1.54, 1.807) is 0 Å². The lowest BCUT2D eigenvalue weighted by Gasteiger charge is -2.16. The van der Waals surface area contributed by atoms with Crippen molar-refractivity contribution in [2.24, 2.45) is 0 Å². The molecular weight excluding hydrogens is 320 g/mol. The molecule has 4 rings (SSSR count). The summed E-state index contributed by atoms with van der Waals surface area (Å²) in [6.45, 7) is 4.71. The van der Waals surface area contributed by atoms with Gasteiger partial charge in [-0.2, -0.15) is 0 Å². The van der Waals surface area contributed by atoms with Gasteiger partial charge in [0.15, 0.2) is 0 Å². The highest BCUT2D eigenvalue weighted by Crippen LogP contribution is 2.42. The Morgan fingerprint density at radius 2 is 1.69 bits per heavy atom. The zero-order chi connectivity index (χ0) is 18.1. The Morgan fingerprint density at radius 3 is 2.50 bits per heavy atom. The molecule has 132 valence electrons. The molecule has 0 aromatic heterocycles. The summed E-state index contributed by atoms with van der Waals surface area (Å²) in [7, 11) is 0. The molecular formula is C24H24O2. The highest BCUT2D eigenvalue weighted by atomic mass is 16.5. The second-order valence-electron chi connectivity index (χ2n) is 7.14. The summed E-state index contributed by atoms with van der Waals surface area (Å²) >= 11 is 0. The van der Waals surface area contributed by atoms with Crippen molar-refractivity contribution in [1.82, 2.24) is 0 Å². The SMILES string of the molecule is CC(C)c1cc(-c2cccc3c2Cc2ccccc2-3)ccc1OCCO. The van der Waals surface area contributed by atoms with Crippen LogP contribution in [0.3, 0.4) is 0 Å². The number of aliphatic hydroxyl groups is 1. The predicted molar refractivity (Wildman–Crippen MR) is 107 cm³/mol. The molecule has 2 nitrogen and oxygen atoms in total. The highest BCUT2D eigenvalue weighted by molar-refractivity contribution is 5.85. The van der Waals surface area contributed by atoms with Crippen LogP contribution in [0.15, 0.2) is 60.7 Å². The number of rotatable bonds is 5. The fourth-order valence-corrected chi connectivity index (χ4v) is 3.88. The molecule has 26 heavy (non-hydrogen) atoms. The van der Waals surface area contributed by atoms with Crippen LogP contribution < -0.4 is 4.74 Å². The first-order valence-electron chi connectivity index (χ1n) is 9.27. The van der Waals surface area contributed by atoms with Crippen molar-refractivity contribution in [3.8, 4) is 28.0 Å². The van der Waals surface area contributed by atoms with Crippen molar-refractivity contribution >= 4 is 0 Å². The van der Waals surface area contributed by atoms with Crippen LogP contribution in [-0.2, 0) is 6.42 Å². The minimum absolute atomic E-state index is 0.0315. The molecule has 0 saturated carbocycles. The number of aliphatic hydroxyl groups excluding tert-OH is 1. The van der Waals surface area contributed by atoms with Crippen LogP contribution in [0.5, 0.6) is 5.75 Å². The maximum absolute atomic E-state index is 9.06. The molecule has 3 aromatic rings. The van der Waals surface area contributed by atoms with E-state index in [-0.39, 0.29) is 6.61 Å². The Balaban J connectivity index is 1.79. The van der Waals surface area contributed by atoms with Crippen LogP contribution in [0.25, 0.3) is 22.3 Å². The van der Waals surface area contributed by atoms with E-state index in [1.807, 2.05) is 6.07 Å². The molecule has 0 amide bonds. The van der Waals surface area contributed by atoms with Gasteiger partial charge < -0.3 is 9.84 Å². The van der Waals surface area contributed by atoms with E-state index < -0.39 is 0 Å². The normalized spacial score (nSPS) is 12.2. The lowest BCUT2D eigenvalue weighted by molar-refractivity contribution is 0.200. The molecule has 1 aliphatic carbocycles. The van der Waals surface area contributed by atoms with Gasteiger partial charge in [0, 0.05) is 0 Å². The van der Waals surface area contributed by atoms with E-state index >= 15 is 0 Å². The quantitative estimate of drug-likeness (QED) is 0.524. The van der Waals surface area contributed by atoms with E-state index in [2.05, 4.69) is 68.4 Å². The summed E-state index contributed by atoms with van der Waals surface area (Å²) in [6, 6.07) is 21.7. The first-order valence-corrected chi connectivity index (χ1v) is 9.27. The smallest absolute Gasteiger partial charge is 0.122 e. The second-order valence-corrected chi connectivity index (χ2v) is 7.14. The summed E-state index contributed by atoms with van der Waals surface area (Å²) in [4.78, 5) is 0. The van der Waals surface area contributed by atoms with Crippen molar-refractivity contribution in [3.05, 3.63) is 77.4 Å². The number of hydrogen-bond donors (Lipinski definition) is 1. The lowest BCUT2D eigenvalue weighted by Crippen LogP contribution is -2.05.